The number of nitrogens with zero attached hydrogens (tertiary/aromatic N) is 2. The molecule has 118 valence electrons. The highest BCUT2D eigenvalue weighted by Gasteiger charge is 2.25. The summed E-state index contributed by atoms with van der Waals surface area (Å²) in [4.78, 5) is 8.43. The molecule has 4 nitrogen and oxygen atoms in total. The Kier molecular flexibility index (Phi) is 4.63. The van der Waals surface area contributed by atoms with E-state index in [9.17, 15) is 0 Å². The van der Waals surface area contributed by atoms with Gasteiger partial charge in [-0.3, -0.25) is 4.99 Å². The van der Waals surface area contributed by atoms with Crippen LogP contribution in [0.4, 0.5) is 0 Å². The molecule has 1 atom stereocenters. The van der Waals surface area contributed by atoms with Crippen LogP contribution in [0.1, 0.15) is 35.2 Å². The molecule has 2 aromatic rings. The summed E-state index contributed by atoms with van der Waals surface area (Å²) in [6.07, 6.45) is 7.39. The summed E-state index contributed by atoms with van der Waals surface area (Å²) < 4.78 is 5.79. The smallest absolute Gasteiger partial charge is 0.242 e. The van der Waals surface area contributed by atoms with Crippen LogP contribution in [0.25, 0.3) is 5.70 Å². The topological polar surface area (TPSA) is 64.4 Å². The van der Waals surface area contributed by atoms with E-state index in [1.54, 1.807) is 12.3 Å². The fourth-order valence-electron chi connectivity index (χ4n) is 2.80. The summed E-state index contributed by atoms with van der Waals surface area (Å²) in [5.41, 5.74) is 8.66. The molecule has 0 spiro atoms. The first kappa shape index (κ1) is 15.6. The second kappa shape index (κ2) is 6.84. The van der Waals surface area contributed by atoms with Crippen molar-refractivity contribution in [2.24, 2.45) is 10.7 Å². The van der Waals surface area contributed by atoms with Crippen molar-refractivity contribution in [2.75, 3.05) is 0 Å². The Balaban J connectivity index is 1.80. The Morgan fingerprint density at radius 2 is 2.35 bits per heavy atom. The van der Waals surface area contributed by atoms with Gasteiger partial charge in [0.2, 0.25) is 5.89 Å². The number of aromatic nitrogens is 1. The maximum absolute atomic E-state index is 6.09. The number of benzene rings is 1. The molecule has 0 fully saturated rings. The van der Waals surface area contributed by atoms with Gasteiger partial charge < -0.3 is 10.2 Å². The normalized spacial score (nSPS) is 18.1. The molecule has 23 heavy (non-hydrogen) atoms. The van der Waals surface area contributed by atoms with E-state index in [2.05, 4.69) is 22.6 Å². The quantitative estimate of drug-likeness (QED) is 0.859. The molecule has 0 bridgehead atoms. The molecule has 1 aliphatic rings. The molecule has 3 rings (SSSR count). The summed E-state index contributed by atoms with van der Waals surface area (Å²) in [6, 6.07) is 8.02. The molecule has 0 saturated heterocycles. The maximum atomic E-state index is 6.09. The summed E-state index contributed by atoms with van der Waals surface area (Å²) in [7, 11) is 0. The van der Waals surface area contributed by atoms with E-state index >= 15 is 0 Å². The maximum Gasteiger partial charge on any atom is 0.242 e. The molecule has 2 N–H and O–H groups in total. The predicted molar refractivity (Wildman–Crippen MR) is 93.6 cm³/mol. The summed E-state index contributed by atoms with van der Waals surface area (Å²) in [5, 5.41) is 0.767. The van der Waals surface area contributed by atoms with Crippen LogP contribution in [-0.4, -0.2) is 11.2 Å². The van der Waals surface area contributed by atoms with Crippen LogP contribution >= 0.6 is 11.6 Å². The molecule has 1 heterocycles. The lowest BCUT2D eigenvalue weighted by molar-refractivity contribution is 0.450. The molecule has 0 amide bonds. The van der Waals surface area contributed by atoms with Gasteiger partial charge >= 0.3 is 0 Å². The average molecular weight is 328 g/mol. The Morgan fingerprint density at radius 3 is 3.13 bits per heavy atom. The fraction of sp³-hybridized carbons (Fsp3) is 0.222. The molecule has 0 saturated carbocycles. The van der Waals surface area contributed by atoms with Crippen molar-refractivity contribution < 1.29 is 4.42 Å². The van der Waals surface area contributed by atoms with Gasteiger partial charge in [0.05, 0.1) is 11.4 Å². The van der Waals surface area contributed by atoms with Crippen LogP contribution in [0.5, 0.6) is 0 Å². The second-order valence-corrected chi connectivity index (χ2v) is 5.92. The number of fused-ring (bicyclic) bond motifs is 1. The van der Waals surface area contributed by atoms with Crippen molar-refractivity contribution in [1.82, 2.24) is 4.98 Å². The van der Waals surface area contributed by atoms with Crippen LogP contribution in [0.15, 0.2) is 52.5 Å². The summed E-state index contributed by atoms with van der Waals surface area (Å²) in [6.45, 7) is 3.51. The van der Waals surface area contributed by atoms with Crippen molar-refractivity contribution in [2.45, 2.75) is 25.2 Å². The van der Waals surface area contributed by atoms with Gasteiger partial charge in [0, 0.05) is 30.3 Å². The second-order valence-electron chi connectivity index (χ2n) is 5.49. The minimum absolute atomic E-state index is 0.409. The highest BCUT2D eigenvalue weighted by Crippen LogP contribution is 2.34. The molecule has 1 aromatic heterocycles. The first-order valence-electron chi connectivity index (χ1n) is 7.51. The van der Waals surface area contributed by atoms with Crippen LogP contribution in [-0.2, 0) is 12.8 Å². The van der Waals surface area contributed by atoms with Gasteiger partial charge in [-0.05, 0) is 36.1 Å². The Labute approximate surface area is 140 Å². The third-order valence-electron chi connectivity index (χ3n) is 3.95. The number of hydrogen-bond acceptors (Lipinski definition) is 4. The largest absolute Gasteiger partial charge is 0.440 e. The number of rotatable bonds is 4. The fourth-order valence-corrected chi connectivity index (χ4v) is 3.00. The van der Waals surface area contributed by atoms with Gasteiger partial charge in [-0.2, -0.15) is 0 Å². The molecule has 0 aliphatic heterocycles. The van der Waals surface area contributed by atoms with E-state index in [0.29, 0.717) is 17.5 Å². The van der Waals surface area contributed by atoms with E-state index < -0.39 is 0 Å². The number of aryl methyl sites for hydroxylation is 1. The first-order valence-corrected chi connectivity index (χ1v) is 7.89. The van der Waals surface area contributed by atoms with Crippen LogP contribution in [0.3, 0.4) is 0 Å². The highest BCUT2D eigenvalue weighted by atomic mass is 35.5. The van der Waals surface area contributed by atoms with Crippen LogP contribution < -0.4 is 5.73 Å². The van der Waals surface area contributed by atoms with Crippen molar-refractivity contribution in [3.8, 4) is 0 Å². The first-order chi connectivity index (χ1) is 11.2. The van der Waals surface area contributed by atoms with E-state index in [-0.39, 0.29) is 0 Å². The van der Waals surface area contributed by atoms with Gasteiger partial charge in [0.25, 0.3) is 0 Å². The van der Waals surface area contributed by atoms with Crippen molar-refractivity contribution in [3.63, 3.8) is 0 Å². The predicted octanol–water partition coefficient (Wildman–Crippen LogP) is 4.11. The summed E-state index contributed by atoms with van der Waals surface area (Å²) >= 11 is 6.09. The number of aliphatic imine (C=N–C) groups is 1. The monoisotopic (exact) mass is 327 g/mol. The van der Waals surface area contributed by atoms with Gasteiger partial charge in [0.1, 0.15) is 5.76 Å². The van der Waals surface area contributed by atoms with Crippen molar-refractivity contribution >= 4 is 23.5 Å². The van der Waals surface area contributed by atoms with Gasteiger partial charge in [-0.1, -0.05) is 30.3 Å². The summed E-state index contributed by atoms with van der Waals surface area (Å²) in [5.74, 6) is 1.79. The molecule has 1 unspecified atom stereocenters. The van der Waals surface area contributed by atoms with E-state index in [1.165, 1.54) is 11.8 Å². The average Bonchev–Trinajstić information content (AvgIpc) is 2.98. The molecule has 0 radical (unpaired) electrons. The SMILES string of the molecule is C=CN=C/C=C(\N)c1nc2c(o1)CCC(c1cccc(Cl)c1)C2. The molecule has 1 aromatic carbocycles. The van der Waals surface area contributed by atoms with Crippen LogP contribution in [0.2, 0.25) is 5.02 Å². The molecule has 5 heteroatoms. The van der Waals surface area contributed by atoms with Gasteiger partial charge in [-0.25, -0.2) is 4.98 Å². The highest BCUT2D eigenvalue weighted by molar-refractivity contribution is 6.30. The number of oxazole rings is 1. The third kappa shape index (κ3) is 3.54. The minimum atomic E-state index is 0.409. The zero-order chi connectivity index (χ0) is 16.2. The lowest BCUT2D eigenvalue weighted by atomic mass is 9.85. The van der Waals surface area contributed by atoms with Crippen molar-refractivity contribution in [1.29, 1.82) is 0 Å². The van der Waals surface area contributed by atoms with E-state index in [1.807, 2.05) is 18.2 Å². The lowest BCUT2D eigenvalue weighted by Crippen LogP contribution is -2.12. The standard InChI is InChI=1S/C18H18ClN3O/c1-2-21-9-8-15(20)18-22-16-11-13(6-7-17(16)23-18)12-4-3-5-14(19)10-12/h2-5,8-10,13H,1,6-7,11,20H2/b15-8-,21-9?. The Bertz CT molecular complexity index is 776. The molecule has 1 aliphatic carbocycles. The van der Waals surface area contributed by atoms with Gasteiger partial charge in [-0.15, -0.1) is 0 Å². The third-order valence-corrected chi connectivity index (χ3v) is 4.19. The Hall–Kier alpha value is -2.33. The van der Waals surface area contributed by atoms with Crippen molar-refractivity contribution in [3.05, 3.63) is 71.1 Å². The number of hydrogen-bond donors (Lipinski definition) is 1. The van der Waals surface area contributed by atoms with E-state index in [0.717, 1.165) is 35.7 Å². The number of halogens is 1. The number of allylic oxidation sites excluding steroid dienone is 1. The zero-order valence-corrected chi connectivity index (χ0v) is 13.5. The van der Waals surface area contributed by atoms with Crippen LogP contribution in [0, 0.1) is 0 Å². The minimum Gasteiger partial charge on any atom is -0.440 e. The van der Waals surface area contributed by atoms with Gasteiger partial charge in [0.15, 0.2) is 0 Å². The van der Waals surface area contributed by atoms with E-state index in [4.69, 9.17) is 21.8 Å². The lowest BCUT2D eigenvalue weighted by Gasteiger charge is -2.20. The number of nitrogens with two attached hydrogens (primary N) is 1. The molecular formula is C18H18ClN3O. The zero-order valence-electron chi connectivity index (χ0n) is 12.7. The molecular weight excluding hydrogens is 310 g/mol. The Morgan fingerprint density at radius 1 is 1.48 bits per heavy atom.